The molecule has 1 aromatic rings. The van der Waals surface area contributed by atoms with Crippen molar-refractivity contribution in [3.05, 3.63) is 34.3 Å². The zero-order valence-electron chi connectivity index (χ0n) is 7.33. The first-order chi connectivity index (χ1) is 6.13. The van der Waals surface area contributed by atoms with Gasteiger partial charge in [-0.15, -0.1) is 0 Å². The number of rotatable bonds is 3. The maximum atomic E-state index is 10.2. The molecule has 0 aromatic heterocycles. The van der Waals surface area contributed by atoms with E-state index in [1.165, 1.54) is 0 Å². The third kappa shape index (κ3) is 2.83. The van der Waals surface area contributed by atoms with E-state index >= 15 is 0 Å². The van der Waals surface area contributed by atoms with Gasteiger partial charge in [-0.1, -0.05) is 23.7 Å². The standard InChI is InChI=1S/C10H11ClO2/c1-7-2-3-8(10(11)4-7)5-9(13)6-12/h2-4,6,9,13H,5H2,1H3. The highest BCUT2D eigenvalue weighted by atomic mass is 35.5. The lowest BCUT2D eigenvalue weighted by molar-refractivity contribution is -0.114. The van der Waals surface area contributed by atoms with Crippen molar-refractivity contribution in [1.82, 2.24) is 0 Å². The Morgan fingerprint density at radius 1 is 1.62 bits per heavy atom. The molecule has 2 nitrogen and oxygen atoms in total. The summed E-state index contributed by atoms with van der Waals surface area (Å²) in [6, 6.07) is 5.54. The molecule has 3 heteroatoms. The van der Waals surface area contributed by atoms with Gasteiger partial charge in [0, 0.05) is 11.4 Å². The fourth-order valence-electron chi connectivity index (χ4n) is 1.09. The summed E-state index contributed by atoms with van der Waals surface area (Å²) in [4.78, 5) is 10.2. The van der Waals surface area contributed by atoms with Crippen molar-refractivity contribution in [3.8, 4) is 0 Å². The first-order valence-corrected chi connectivity index (χ1v) is 4.39. The third-order valence-electron chi connectivity index (χ3n) is 1.79. The van der Waals surface area contributed by atoms with Crippen LogP contribution in [0.4, 0.5) is 0 Å². The molecule has 0 amide bonds. The summed E-state index contributed by atoms with van der Waals surface area (Å²) in [7, 11) is 0. The molecule has 70 valence electrons. The van der Waals surface area contributed by atoms with Crippen LogP contribution in [0.3, 0.4) is 0 Å². The van der Waals surface area contributed by atoms with E-state index in [-0.39, 0.29) is 6.42 Å². The van der Waals surface area contributed by atoms with E-state index in [2.05, 4.69) is 0 Å². The molecule has 0 fully saturated rings. The second-order valence-electron chi connectivity index (χ2n) is 3.00. The first-order valence-electron chi connectivity index (χ1n) is 4.02. The van der Waals surface area contributed by atoms with Crippen LogP contribution in [-0.2, 0) is 11.2 Å². The number of halogens is 1. The molecule has 0 bridgehead atoms. The molecule has 1 unspecified atom stereocenters. The van der Waals surface area contributed by atoms with E-state index in [0.717, 1.165) is 11.1 Å². The summed E-state index contributed by atoms with van der Waals surface area (Å²) in [6.45, 7) is 1.94. The minimum atomic E-state index is -0.958. The van der Waals surface area contributed by atoms with E-state index < -0.39 is 6.10 Å². The average molecular weight is 199 g/mol. The molecule has 0 heterocycles. The normalized spacial score (nSPS) is 12.5. The second kappa shape index (κ2) is 4.40. The monoisotopic (exact) mass is 198 g/mol. The third-order valence-corrected chi connectivity index (χ3v) is 2.15. The smallest absolute Gasteiger partial charge is 0.148 e. The Labute approximate surface area is 82.2 Å². The number of benzene rings is 1. The van der Waals surface area contributed by atoms with Crippen LogP contribution in [0.15, 0.2) is 18.2 Å². The molecular weight excluding hydrogens is 188 g/mol. The van der Waals surface area contributed by atoms with Crippen LogP contribution in [0.1, 0.15) is 11.1 Å². The van der Waals surface area contributed by atoms with Gasteiger partial charge in [0.1, 0.15) is 12.4 Å². The SMILES string of the molecule is Cc1ccc(CC(O)C=O)c(Cl)c1. The van der Waals surface area contributed by atoms with E-state index in [1.54, 1.807) is 0 Å². The van der Waals surface area contributed by atoms with Crippen LogP contribution >= 0.6 is 11.6 Å². The number of aryl methyl sites for hydroxylation is 1. The van der Waals surface area contributed by atoms with Crippen molar-refractivity contribution in [2.24, 2.45) is 0 Å². The van der Waals surface area contributed by atoms with Crippen molar-refractivity contribution in [3.63, 3.8) is 0 Å². The van der Waals surface area contributed by atoms with Crippen molar-refractivity contribution in [2.45, 2.75) is 19.4 Å². The molecule has 0 radical (unpaired) electrons. The van der Waals surface area contributed by atoms with Gasteiger partial charge in [-0.2, -0.15) is 0 Å². The zero-order valence-corrected chi connectivity index (χ0v) is 8.08. The van der Waals surface area contributed by atoms with Crippen LogP contribution < -0.4 is 0 Å². The predicted octanol–water partition coefficient (Wildman–Crippen LogP) is 1.75. The molecule has 0 aliphatic carbocycles. The number of hydrogen-bond acceptors (Lipinski definition) is 2. The van der Waals surface area contributed by atoms with Crippen molar-refractivity contribution < 1.29 is 9.90 Å². The molecule has 1 N–H and O–H groups in total. The lowest BCUT2D eigenvalue weighted by Gasteiger charge is -2.06. The van der Waals surface area contributed by atoms with Gasteiger partial charge in [0.2, 0.25) is 0 Å². The first kappa shape index (κ1) is 10.2. The molecule has 0 saturated heterocycles. The summed E-state index contributed by atoms with van der Waals surface area (Å²) < 4.78 is 0. The Bertz CT molecular complexity index is 310. The molecule has 0 aliphatic rings. The number of hydrogen-bond donors (Lipinski definition) is 1. The average Bonchev–Trinajstić information content (AvgIpc) is 2.09. The summed E-state index contributed by atoms with van der Waals surface area (Å²) in [5.74, 6) is 0. The van der Waals surface area contributed by atoms with Crippen molar-refractivity contribution in [2.75, 3.05) is 0 Å². The van der Waals surface area contributed by atoms with Crippen LogP contribution in [0, 0.1) is 6.92 Å². The van der Waals surface area contributed by atoms with Gasteiger partial charge in [-0.05, 0) is 24.1 Å². The molecule has 0 aliphatic heterocycles. The molecule has 1 rings (SSSR count). The lowest BCUT2D eigenvalue weighted by Crippen LogP contribution is -2.11. The highest BCUT2D eigenvalue weighted by Gasteiger charge is 2.06. The van der Waals surface area contributed by atoms with E-state index in [0.29, 0.717) is 11.3 Å². The Morgan fingerprint density at radius 2 is 2.31 bits per heavy atom. The van der Waals surface area contributed by atoms with Crippen LogP contribution in [0.2, 0.25) is 5.02 Å². The van der Waals surface area contributed by atoms with Gasteiger partial charge in [0.25, 0.3) is 0 Å². The second-order valence-corrected chi connectivity index (χ2v) is 3.41. The van der Waals surface area contributed by atoms with E-state index in [9.17, 15) is 4.79 Å². The summed E-state index contributed by atoms with van der Waals surface area (Å²) in [5.41, 5.74) is 1.86. The van der Waals surface area contributed by atoms with Gasteiger partial charge in [0.15, 0.2) is 0 Å². The maximum Gasteiger partial charge on any atom is 0.148 e. The van der Waals surface area contributed by atoms with Gasteiger partial charge < -0.3 is 9.90 Å². The van der Waals surface area contributed by atoms with Crippen LogP contribution in [0.25, 0.3) is 0 Å². The van der Waals surface area contributed by atoms with E-state index in [4.69, 9.17) is 16.7 Å². The summed E-state index contributed by atoms with van der Waals surface area (Å²) >= 11 is 5.90. The fraction of sp³-hybridized carbons (Fsp3) is 0.300. The van der Waals surface area contributed by atoms with E-state index in [1.807, 2.05) is 25.1 Å². The number of aliphatic hydroxyl groups excluding tert-OH is 1. The number of aliphatic hydroxyl groups is 1. The predicted molar refractivity (Wildman–Crippen MR) is 52.0 cm³/mol. The largest absolute Gasteiger partial charge is 0.385 e. The Hall–Kier alpha value is -0.860. The van der Waals surface area contributed by atoms with Gasteiger partial charge >= 0.3 is 0 Å². The van der Waals surface area contributed by atoms with Crippen molar-refractivity contribution in [1.29, 1.82) is 0 Å². The topological polar surface area (TPSA) is 37.3 Å². The highest BCUT2D eigenvalue weighted by molar-refractivity contribution is 6.31. The fourth-order valence-corrected chi connectivity index (χ4v) is 1.40. The Balaban J connectivity index is 2.83. The Kier molecular flexibility index (Phi) is 3.46. The summed E-state index contributed by atoms with van der Waals surface area (Å²) in [5, 5.41) is 9.68. The number of aldehydes is 1. The Morgan fingerprint density at radius 3 is 2.85 bits per heavy atom. The minimum Gasteiger partial charge on any atom is -0.385 e. The quantitative estimate of drug-likeness (QED) is 0.752. The summed E-state index contributed by atoms with van der Waals surface area (Å²) in [6.07, 6.45) is -0.168. The van der Waals surface area contributed by atoms with Crippen molar-refractivity contribution >= 4 is 17.9 Å². The highest BCUT2D eigenvalue weighted by Crippen LogP contribution is 2.18. The maximum absolute atomic E-state index is 10.2. The molecular formula is C10H11ClO2. The van der Waals surface area contributed by atoms with Gasteiger partial charge in [0.05, 0.1) is 0 Å². The molecule has 0 spiro atoms. The zero-order chi connectivity index (χ0) is 9.84. The number of carbonyl (C=O) groups is 1. The van der Waals surface area contributed by atoms with Crippen LogP contribution in [0.5, 0.6) is 0 Å². The number of carbonyl (C=O) groups excluding carboxylic acids is 1. The van der Waals surface area contributed by atoms with Gasteiger partial charge in [-0.3, -0.25) is 0 Å². The molecule has 1 aromatic carbocycles. The minimum absolute atomic E-state index is 0.280. The molecule has 0 saturated carbocycles. The van der Waals surface area contributed by atoms with Crippen LogP contribution in [-0.4, -0.2) is 17.5 Å². The molecule has 1 atom stereocenters. The van der Waals surface area contributed by atoms with Gasteiger partial charge in [-0.25, -0.2) is 0 Å². The lowest BCUT2D eigenvalue weighted by atomic mass is 10.1. The molecule has 13 heavy (non-hydrogen) atoms.